The Bertz CT molecular complexity index is 627. The number of ether oxygens (including phenoxy) is 1. The van der Waals surface area contributed by atoms with E-state index in [4.69, 9.17) is 10.5 Å². The molecule has 0 aliphatic carbocycles. The molecule has 4 heteroatoms. The molecule has 0 spiro atoms. The second-order valence-corrected chi connectivity index (χ2v) is 5.35. The summed E-state index contributed by atoms with van der Waals surface area (Å²) in [7, 11) is 1.67. The number of nitrogens with two attached hydrogens (primary N) is 1. The third-order valence-corrected chi connectivity index (χ3v) is 4.05. The van der Waals surface area contributed by atoms with E-state index in [-0.39, 0.29) is 11.9 Å². The average molecular weight is 286 g/mol. The molecule has 0 amide bonds. The van der Waals surface area contributed by atoms with Crippen LogP contribution in [0, 0.1) is 5.82 Å². The number of halogens is 1. The van der Waals surface area contributed by atoms with Crippen molar-refractivity contribution in [3.8, 4) is 5.75 Å². The molecule has 3 rings (SSSR count). The number of fused-ring (bicyclic) bond motifs is 1. The lowest BCUT2D eigenvalue weighted by Crippen LogP contribution is -2.27. The van der Waals surface area contributed by atoms with Gasteiger partial charge in [-0.2, -0.15) is 0 Å². The fourth-order valence-corrected chi connectivity index (χ4v) is 2.95. The van der Waals surface area contributed by atoms with Gasteiger partial charge in [-0.3, -0.25) is 4.90 Å². The summed E-state index contributed by atoms with van der Waals surface area (Å²) in [5.41, 5.74) is 9.58. The zero-order valence-corrected chi connectivity index (χ0v) is 12.1. The van der Waals surface area contributed by atoms with Gasteiger partial charge < -0.3 is 10.5 Å². The summed E-state index contributed by atoms with van der Waals surface area (Å²) in [5.74, 6) is 0.652. The maximum Gasteiger partial charge on any atom is 0.123 e. The SMILES string of the molecule is COc1ccc2c(c1)C(CN)N(Cc1ccc(F)cc1)C2. The molecule has 1 atom stereocenters. The second kappa shape index (κ2) is 5.84. The summed E-state index contributed by atoms with van der Waals surface area (Å²) in [4.78, 5) is 2.32. The highest BCUT2D eigenvalue weighted by Gasteiger charge is 2.29. The van der Waals surface area contributed by atoms with Crippen molar-refractivity contribution in [2.24, 2.45) is 5.73 Å². The molecule has 1 aliphatic rings. The average Bonchev–Trinajstić information content (AvgIpc) is 2.85. The van der Waals surface area contributed by atoms with Gasteiger partial charge in [0.25, 0.3) is 0 Å². The van der Waals surface area contributed by atoms with Crippen molar-refractivity contribution in [3.05, 3.63) is 65.0 Å². The second-order valence-electron chi connectivity index (χ2n) is 5.35. The van der Waals surface area contributed by atoms with Crippen molar-refractivity contribution in [2.75, 3.05) is 13.7 Å². The van der Waals surface area contributed by atoms with Crippen LogP contribution in [0.2, 0.25) is 0 Å². The standard InChI is InChI=1S/C17H19FN2O/c1-21-15-7-4-13-11-20(17(9-19)16(13)8-15)10-12-2-5-14(18)6-3-12/h2-8,17H,9-11,19H2,1H3. The Kier molecular flexibility index (Phi) is 3.90. The molecular weight excluding hydrogens is 267 g/mol. The van der Waals surface area contributed by atoms with Gasteiger partial charge in [0.05, 0.1) is 7.11 Å². The maximum atomic E-state index is 13.0. The first-order valence-electron chi connectivity index (χ1n) is 7.06. The minimum absolute atomic E-state index is 0.181. The fourth-order valence-electron chi connectivity index (χ4n) is 2.95. The van der Waals surface area contributed by atoms with Crippen LogP contribution in [0.25, 0.3) is 0 Å². The third-order valence-electron chi connectivity index (χ3n) is 4.05. The van der Waals surface area contributed by atoms with Crippen LogP contribution in [0.4, 0.5) is 4.39 Å². The number of rotatable bonds is 4. The number of hydrogen-bond donors (Lipinski definition) is 1. The van der Waals surface area contributed by atoms with Crippen LogP contribution in [0.1, 0.15) is 22.7 Å². The van der Waals surface area contributed by atoms with Crippen LogP contribution in [-0.2, 0) is 13.1 Å². The first kappa shape index (κ1) is 14.0. The van der Waals surface area contributed by atoms with Crippen LogP contribution in [0.5, 0.6) is 5.75 Å². The molecule has 0 saturated heterocycles. The molecule has 110 valence electrons. The lowest BCUT2D eigenvalue weighted by atomic mass is 10.0. The van der Waals surface area contributed by atoms with E-state index in [0.29, 0.717) is 6.54 Å². The summed E-state index contributed by atoms with van der Waals surface area (Å²) in [6, 6.07) is 13.0. The molecule has 1 aliphatic heterocycles. The van der Waals surface area contributed by atoms with Gasteiger partial charge in [-0.25, -0.2) is 4.39 Å². The number of hydrogen-bond acceptors (Lipinski definition) is 3. The molecule has 2 aromatic carbocycles. The first-order chi connectivity index (χ1) is 10.2. The van der Waals surface area contributed by atoms with Crippen LogP contribution in [-0.4, -0.2) is 18.6 Å². The van der Waals surface area contributed by atoms with Crippen molar-refractivity contribution >= 4 is 0 Å². The van der Waals surface area contributed by atoms with Crippen LogP contribution in [0.3, 0.4) is 0 Å². The van der Waals surface area contributed by atoms with E-state index in [2.05, 4.69) is 17.0 Å². The molecule has 0 bridgehead atoms. The van der Waals surface area contributed by atoms with E-state index in [0.717, 1.165) is 24.4 Å². The van der Waals surface area contributed by atoms with Gasteiger partial charge >= 0.3 is 0 Å². The lowest BCUT2D eigenvalue weighted by molar-refractivity contribution is 0.211. The van der Waals surface area contributed by atoms with Crippen molar-refractivity contribution in [3.63, 3.8) is 0 Å². The van der Waals surface area contributed by atoms with E-state index < -0.39 is 0 Å². The minimum atomic E-state index is -0.205. The van der Waals surface area contributed by atoms with Crippen molar-refractivity contribution < 1.29 is 9.13 Å². The smallest absolute Gasteiger partial charge is 0.123 e. The molecule has 2 aromatic rings. The van der Waals surface area contributed by atoms with E-state index in [1.54, 1.807) is 7.11 Å². The van der Waals surface area contributed by atoms with Crippen LogP contribution in [0.15, 0.2) is 42.5 Å². The summed E-state index contributed by atoms with van der Waals surface area (Å²) >= 11 is 0. The van der Waals surface area contributed by atoms with Gasteiger partial charge in [0.15, 0.2) is 0 Å². The molecular formula is C17H19FN2O. The first-order valence-corrected chi connectivity index (χ1v) is 7.06. The fraction of sp³-hybridized carbons (Fsp3) is 0.294. The van der Waals surface area contributed by atoms with Crippen molar-refractivity contribution in [1.82, 2.24) is 4.90 Å². The molecule has 0 aromatic heterocycles. The lowest BCUT2D eigenvalue weighted by Gasteiger charge is -2.23. The molecule has 21 heavy (non-hydrogen) atoms. The highest BCUT2D eigenvalue weighted by Crippen LogP contribution is 2.36. The number of benzene rings is 2. The summed E-state index contributed by atoms with van der Waals surface area (Å²) in [6.45, 7) is 2.18. The van der Waals surface area contributed by atoms with Gasteiger partial charge in [0.1, 0.15) is 11.6 Å². The Balaban J connectivity index is 1.83. The van der Waals surface area contributed by atoms with Gasteiger partial charge in [0, 0.05) is 25.7 Å². The topological polar surface area (TPSA) is 38.5 Å². The third kappa shape index (κ3) is 2.77. The Morgan fingerprint density at radius 3 is 2.67 bits per heavy atom. The number of nitrogens with zero attached hydrogens (tertiary/aromatic N) is 1. The van der Waals surface area contributed by atoms with E-state index in [9.17, 15) is 4.39 Å². The Morgan fingerprint density at radius 1 is 1.24 bits per heavy atom. The Labute approximate surface area is 124 Å². The van der Waals surface area contributed by atoms with Crippen molar-refractivity contribution in [2.45, 2.75) is 19.1 Å². The normalized spacial score (nSPS) is 17.8. The Morgan fingerprint density at radius 2 is 2.00 bits per heavy atom. The zero-order valence-electron chi connectivity index (χ0n) is 12.1. The van der Waals surface area contributed by atoms with Gasteiger partial charge in [-0.1, -0.05) is 18.2 Å². The van der Waals surface area contributed by atoms with Crippen LogP contribution < -0.4 is 10.5 Å². The summed E-state index contributed by atoms with van der Waals surface area (Å²) < 4.78 is 18.3. The minimum Gasteiger partial charge on any atom is -0.497 e. The van der Waals surface area contributed by atoms with E-state index in [1.165, 1.54) is 23.3 Å². The monoisotopic (exact) mass is 286 g/mol. The largest absolute Gasteiger partial charge is 0.497 e. The van der Waals surface area contributed by atoms with Crippen molar-refractivity contribution in [1.29, 1.82) is 0 Å². The molecule has 1 heterocycles. The molecule has 3 nitrogen and oxygen atoms in total. The highest BCUT2D eigenvalue weighted by molar-refractivity contribution is 5.41. The predicted molar refractivity (Wildman–Crippen MR) is 80.4 cm³/mol. The quantitative estimate of drug-likeness (QED) is 0.939. The van der Waals surface area contributed by atoms with E-state index >= 15 is 0 Å². The van der Waals surface area contributed by atoms with Gasteiger partial charge in [-0.15, -0.1) is 0 Å². The molecule has 2 N–H and O–H groups in total. The van der Waals surface area contributed by atoms with Crippen LogP contribution >= 0.6 is 0 Å². The van der Waals surface area contributed by atoms with E-state index in [1.807, 2.05) is 18.2 Å². The highest BCUT2D eigenvalue weighted by atomic mass is 19.1. The molecule has 0 radical (unpaired) electrons. The predicted octanol–water partition coefficient (Wildman–Crippen LogP) is 2.85. The molecule has 1 unspecified atom stereocenters. The van der Waals surface area contributed by atoms with Gasteiger partial charge in [0.2, 0.25) is 0 Å². The van der Waals surface area contributed by atoms with Gasteiger partial charge in [-0.05, 0) is 41.0 Å². The summed E-state index contributed by atoms with van der Waals surface area (Å²) in [5, 5.41) is 0. The summed E-state index contributed by atoms with van der Waals surface area (Å²) in [6.07, 6.45) is 0. The Hall–Kier alpha value is -1.91. The molecule has 0 saturated carbocycles. The molecule has 0 fully saturated rings. The maximum absolute atomic E-state index is 13.0. The zero-order chi connectivity index (χ0) is 14.8. The number of methoxy groups -OCH3 is 1.